The van der Waals surface area contributed by atoms with Gasteiger partial charge in [-0.2, -0.15) is 0 Å². The predicted molar refractivity (Wildman–Crippen MR) is 96.1 cm³/mol. The van der Waals surface area contributed by atoms with E-state index in [1.165, 1.54) is 0 Å². The number of guanidine groups is 1. The van der Waals surface area contributed by atoms with Crippen molar-refractivity contribution in [2.45, 2.75) is 78.4 Å². The fourth-order valence-electron chi connectivity index (χ4n) is 1.80. The van der Waals surface area contributed by atoms with Crippen LogP contribution in [0.4, 0.5) is 9.59 Å². The Labute approximate surface area is 154 Å². The molecule has 0 radical (unpaired) electrons. The third kappa shape index (κ3) is 12.1. The lowest BCUT2D eigenvalue weighted by atomic mass is 10.2. The zero-order valence-electron chi connectivity index (χ0n) is 16.5. The first-order valence-electron chi connectivity index (χ1n) is 8.52. The molecular weight excluding hydrogens is 342 g/mol. The monoisotopic (exact) mass is 373 g/mol. The lowest BCUT2D eigenvalue weighted by Crippen LogP contribution is -2.49. The molecule has 0 spiro atoms. The van der Waals surface area contributed by atoms with Crippen LogP contribution >= 0.6 is 0 Å². The largest absolute Gasteiger partial charge is 0.481 e. The normalized spacial score (nSPS) is 11.5. The molecule has 3 N–H and O–H groups in total. The fourth-order valence-corrected chi connectivity index (χ4v) is 1.80. The highest BCUT2D eigenvalue weighted by molar-refractivity contribution is 5.99. The van der Waals surface area contributed by atoms with Gasteiger partial charge in [-0.3, -0.25) is 15.5 Å². The zero-order chi connectivity index (χ0) is 20.5. The quantitative estimate of drug-likeness (QED) is 0.372. The molecule has 0 saturated carbocycles. The first kappa shape index (κ1) is 23.7. The second kappa shape index (κ2) is 9.98. The minimum atomic E-state index is -0.881. The smallest absolute Gasteiger partial charge is 0.417 e. The molecular formula is C17H31N3O6. The van der Waals surface area contributed by atoms with Gasteiger partial charge < -0.3 is 14.6 Å². The molecule has 150 valence electrons. The Kier molecular flexibility index (Phi) is 9.09. The average molecular weight is 373 g/mol. The summed E-state index contributed by atoms with van der Waals surface area (Å²) in [5.41, 5.74) is -1.50. The number of hydrogen-bond donors (Lipinski definition) is 3. The Morgan fingerprint density at radius 1 is 0.962 bits per heavy atom. The maximum Gasteiger partial charge on any atom is 0.417 e. The summed E-state index contributed by atoms with van der Waals surface area (Å²) in [6.07, 6.45) is -0.0839. The molecule has 0 fully saturated rings. The highest BCUT2D eigenvalue weighted by Crippen LogP contribution is 2.12. The van der Waals surface area contributed by atoms with Crippen molar-refractivity contribution in [3.8, 4) is 0 Å². The number of hydrogen-bond acceptors (Lipinski definition) is 6. The van der Waals surface area contributed by atoms with Crippen LogP contribution in [0.3, 0.4) is 0 Å². The molecule has 0 bridgehead atoms. The van der Waals surface area contributed by atoms with Crippen LogP contribution in [0.1, 0.15) is 67.2 Å². The van der Waals surface area contributed by atoms with E-state index in [4.69, 9.17) is 20.0 Å². The van der Waals surface area contributed by atoms with Crippen molar-refractivity contribution in [2.75, 3.05) is 6.54 Å². The van der Waals surface area contributed by atoms with Crippen molar-refractivity contribution in [1.29, 1.82) is 5.41 Å². The molecule has 0 aromatic heterocycles. The maximum absolute atomic E-state index is 12.3. The lowest BCUT2D eigenvalue weighted by molar-refractivity contribution is -0.137. The van der Waals surface area contributed by atoms with E-state index >= 15 is 0 Å². The van der Waals surface area contributed by atoms with Gasteiger partial charge in [0.2, 0.25) is 5.96 Å². The summed E-state index contributed by atoms with van der Waals surface area (Å²) in [6, 6.07) is 0. The minimum absolute atomic E-state index is 0.0417. The second-order valence-corrected chi connectivity index (χ2v) is 7.81. The Morgan fingerprint density at radius 2 is 1.50 bits per heavy atom. The van der Waals surface area contributed by atoms with Gasteiger partial charge in [0.15, 0.2) is 0 Å². The Balaban J connectivity index is 4.84. The molecule has 9 nitrogen and oxygen atoms in total. The van der Waals surface area contributed by atoms with E-state index in [0.717, 1.165) is 4.90 Å². The number of alkyl carbamates (subject to hydrolysis) is 1. The molecule has 0 rings (SSSR count). The van der Waals surface area contributed by atoms with Gasteiger partial charge >= 0.3 is 18.2 Å². The highest BCUT2D eigenvalue weighted by Gasteiger charge is 2.27. The van der Waals surface area contributed by atoms with Crippen molar-refractivity contribution in [2.24, 2.45) is 0 Å². The van der Waals surface area contributed by atoms with Crippen LogP contribution in [-0.2, 0) is 14.3 Å². The lowest BCUT2D eigenvalue weighted by Gasteiger charge is -2.28. The van der Waals surface area contributed by atoms with E-state index in [0.29, 0.717) is 19.3 Å². The number of carbonyl (C=O) groups is 3. The van der Waals surface area contributed by atoms with Crippen molar-refractivity contribution in [3.05, 3.63) is 0 Å². The molecule has 0 aromatic carbocycles. The van der Waals surface area contributed by atoms with Gasteiger partial charge in [0.05, 0.1) is 0 Å². The number of aliphatic carboxylic acids is 1. The number of carboxylic acid groups (broad SMARTS) is 1. The molecule has 2 amide bonds. The zero-order valence-corrected chi connectivity index (χ0v) is 16.5. The van der Waals surface area contributed by atoms with Gasteiger partial charge in [-0.15, -0.1) is 0 Å². The molecule has 0 atom stereocenters. The Morgan fingerprint density at radius 3 is 1.96 bits per heavy atom. The minimum Gasteiger partial charge on any atom is -0.481 e. The van der Waals surface area contributed by atoms with Gasteiger partial charge in [0, 0.05) is 13.0 Å². The second-order valence-electron chi connectivity index (χ2n) is 7.81. The summed E-state index contributed by atoms with van der Waals surface area (Å²) in [7, 11) is 0. The fraction of sp³-hybridized carbons (Fsp3) is 0.765. The summed E-state index contributed by atoms with van der Waals surface area (Å²) >= 11 is 0. The van der Waals surface area contributed by atoms with E-state index < -0.39 is 35.3 Å². The number of nitrogens with zero attached hydrogens (tertiary/aromatic N) is 1. The van der Waals surface area contributed by atoms with Crippen LogP contribution in [0, 0.1) is 5.41 Å². The van der Waals surface area contributed by atoms with Crippen LogP contribution in [0.25, 0.3) is 0 Å². The number of carboxylic acids is 1. The molecule has 0 unspecified atom stereocenters. The van der Waals surface area contributed by atoms with Crippen LogP contribution < -0.4 is 5.32 Å². The summed E-state index contributed by atoms with van der Waals surface area (Å²) in [6.45, 7) is 10.3. The molecule has 26 heavy (non-hydrogen) atoms. The number of nitrogens with one attached hydrogen (secondary N) is 2. The third-order valence-electron chi connectivity index (χ3n) is 2.78. The number of unbranched alkanes of at least 4 members (excludes halogenated alkanes) is 2. The molecule has 9 heteroatoms. The van der Waals surface area contributed by atoms with E-state index in [-0.39, 0.29) is 13.0 Å². The van der Waals surface area contributed by atoms with E-state index in [1.54, 1.807) is 41.5 Å². The van der Waals surface area contributed by atoms with Crippen LogP contribution in [0.5, 0.6) is 0 Å². The average Bonchev–Trinajstić information content (AvgIpc) is 2.37. The predicted octanol–water partition coefficient (Wildman–Crippen LogP) is 3.33. The van der Waals surface area contributed by atoms with Crippen molar-refractivity contribution >= 4 is 24.1 Å². The molecule has 0 aromatic rings. The highest BCUT2D eigenvalue weighted by atomic mass is 16.6. The van der Waals surface area contributed by atoms with Crippen LogP contribution in [0.2, 0.25) is 0 Å². The summed E-state index contributed by atoms with van der Waals surface area (Å²) in [5.74, 6) is -1.33. The maximum atomic E-state index is 12.3. The molecule has 0 heterocycles. The Bertz CT molecular complexity index is 520. The number of carbonyl (C=O) groups excluding carboxylic acids is 2. The van der Waals surface area contributed by atoms with Crippen molar-refractivity contribution < 1.29 is 29.0 Å². The van der Waals surface area contributed by atoms with Gasteiger partial charge in [-0.25, -0.2) is 14.5 Å². The van der Waals surface area contributed by atoms with E-state index in [1.807, 2.05) is 0 Å². The third-order valence-corrected chi connectivity index (χ3v) is 2.78. The van der Waals surface area contributed by atoms with E-state index in [2.05, 4.69) is 5.32 Å². The SMILES string of the molecule is CC(C)(C)OC(=O)NC(=N)N(CCCCCC(=O)O)C(=O)OC(C)(C)C. The number of rotatable bonds is 6. The van der Waals surface area contributed by atoms with Crippen molar-refractivity contribution in [3.63, 3.8) is 0 Å². The first-order chi connectivity index (χ1) is 11.7. The van der Waals surface area contributed by atoms with Gasteiger partial charge in [0.25, 0.3) is 0 Å². The Hall–Kier alpha value is -2.32. The topological polar surface area (TPSA) is 129 Å². The van der Waals surface area contributed by atoms with Gasteiger partial charge in [0.1, 0.15) is 11.2 Å². The van der Waals surface area contributed by atoms with Crippen LogP contribution in [-0.4, -0.2) is 51.9 Å². The number of ether oxygens (including phenoxy) is 2. The molecule has 0 aliphatic rings. The number of amides is 2. The van der Waals surface area contributed by atoms with Crippen LogP contribution in [0.15, 0.2) is 0 Å². The molecule has 0 aliphatic carbocycles. The van der Waals surface area contributed by atoms with Gasteiger partial charge in [-0.05, 0) is 54.4 Å². The molecule has 0 aliphatic heterocycles. The first-order valence-corrected chi connectivity index (χ1v) is 8.52. The van der Waals surface area contributed by atoms with Gasteiger partial charge in [-0.1, -0.05) is 6.42 Å². The molecule has 0 saturated heterocycles. The van der Waals surface area contributed by atoms with Crippen molar-refractivity contribution in [1.82, 2.24) is 10.2 Å². The summed E-state index contributed by atoms with van der Waals surface area (Å²) < 4.78 is 10.3. The summed E-state index contributed by atoms with van der Waals surface area (Å²) in [4.78, 5) is 35.7. The summed E-state index contributed by atoms with van der Waals surface area (Å²) in [5, 5.41) is 18.8. The van der Waals surface area contributed by atoms with E-state index in [9.17, 15) is 14.4 Å². The standard InChI is InChI=1S/C17H31N3O6/c1-16(2,3)25-14(23)19-13(18)20(15(24)26-17(4,5)6)11-9-7-8-10-12(21)22/h7-11H2,1-6H3,(H,21,22)(H2,18,19,23).